The van der Waals surface area contributed by atoms with Gasteiger partial charge in [0, 0.05) is 9.75 Å². The van der Waals surface area contributed by atoms with Gasteiger partial charge in [0.15, 0.2) is 0 Å². The lowest BCUT2D eigenvalue weighted by atomic mass is 10.0. The zero-order valence-electron chi connectivity index (χ0n) is 9.50. The number of aliphatic hydroxyl groups is 1. The number of benzene rings is 1. The zero-order chi connectivity index (χ0) is 12.6. The van der Waals surface area contributed by atoms with Crippen molar-refractivity contribution in [3.05, 3.63) is 56.8 Å². The highest BCUT2D eigenvalue weighted by atomic mass is 32.1. The summed E-state index contributed by atoms with van der Waals surface area (Å²) in [5.74, 6) is -1.39. The molecule has 1 nitrogen and oxygen atoms in total. The standard InChI is InChI=1S/C13H12F2OS/c1-7-3-5-9(14)11(12(7)15)13(16)10-6-4-8(2)17-10/h3-6,13,16H,1-2H3. The fraction of sp³-hybridized carbons (Fsp3) is 0.231. The van der Waals surface area contributed by atoms with Crippen LogP contribution in [0.2, 0.25) is 0 Å². The minimum Gasteiger partial charge on any atom is -0.383 e. The second kappa shape index (κ2) is 4.55. The number of halogens is 2. The van der Waals surface area contributed by atoms with E-state index in [-0.39, 0.29) is 5.56 Å². The van der Waals surface area contributed by atoms with Crippen LogP contribution in [0, 0.1) is 25.5 Å². The number of rotatable bonds is 2. The molecule has 0 amide bonds. The van der Waals surface area contributed by atoms with Crippen LogP contribution >= 0.6 is 11.3 Å². The van der Waals surface area contributed by atoms with Gasteiger partial charge in [0.2, 0.25) is 0 Å². The first-order valence-corrected chi connectivity index (χ1v) is 6.01. The molecule has 0 fully saturated rings. The highest BCUT2D eigenvalue weighted by Crippen LogP contribution is 2.32. The van der Waals surface area contributed by atoms with Gasteiger partial charge in [-0.05, 0) is 37.6 Å². The molecule has 0 bridgehead atoms. The van der Waals surface area contributed by atoms with Gasteiger partial charge in [0.05, 0.1) is 5.56 Å². The van der Waals surface area contributed by atoms with Gasteiger partial charge in [-0.15, -0.1) is 11.3 Å². The molecule has 17 heavy (non-hydrogen) atoms. The normalized spacial score (nSPS) is 12.8. The van der Waals surface area contributed by atoms with E-state index in [0.29, 0.717) is 10.4 Å². The Morgan fingerprint density at radius 3 is 2.41 bits per heavy atom. The van der Waals surface area contributed by atoms with E-state index in [1.165, 1.54) is 23.5 Å². The van der Waals surface area contributed by atoms with Gasteiger partial charge in [-0.1, -0.05) is 6.07 Å². The number of aryl methyl sites for hydroxylation is 2. The van der Waals surface area contributed by atoms with Crippen molar-refractivity contribution in [1.82, 2.24) is 0 Å². The molecule has 0 spiro atoms. The summed E-state index contributed by atoms with van der Waals surface area (Å²) in [4.78, 5) is 1.54. The third kappa shape index (κ3) is 2.23. The summed E-state index contributed by atoms with van der Waals surface area (Å²) >= 11 is 1.33. The van der Waals surface area contributed by atoms with Crippen molar-refractivity contribution in [2.45, 2.75) is 20.0 Å². The third-order valence-corrected chi connectivity index (χ3v) is 3.68. The van der Waals surface area contributed by atoms with E-state index in [1.54, 1.807) is 13.0 Å². The van der Waals surface area contributed by atoms with E-state index in [2.05, 4.69) is 0 Å². The molecule has 0 saturated heterocycles. The second-order valence-corrected chi connectivity index (χ2v) is 5.26. The maximum Gasteiger partial charge on any atom is 0.135 e. The maximum absolute atomic E-state index is 13.8. The van der Waals surface area contributed by atoms with Crippen LogP contribution in [0.15, 0.2) is 24.3 Å². The maximum atomic E-state index is 13.8. The highest BCUT2D eigenvalue weighted by molar-refractivity contribution is 7.12. The molecule has 0 aliphatic carbocycles. The minimum absolute atomic E-state index is 0.271. The van der Waals surface area contributed by atoms with Crippen molar-refractivity contribution >= 4 is 11.3 Å². The predicted octanol–water partition coefficient (Wildman–Crippen LogP) is 3.72. The Bertz CT molecular complexity index is 548. The van der Waals surface area contributed by atoms with E-state index >= 15 is 0 Å². The Morgan fingerprint density at radius 1 is 1.12 bits per heavy atom. The van der Waals surface area contributed by atoms with Crippen molar-refractivity contribution in [1.29, 1.82) is 0 Å². The molecule has 0 saturated carbocycles. The van der Waals surface area contributed by atoms with Gasteiger partial charge < -0.3 is 5.11 Å². The van der Waals surface area contributed by atoms with Crippen LogP contribution in [0.25, 0.3) is 0 Å². The largest absolute Gasteiger partial charge is 0.383 e. The van der Waals surface area contributed by atoms with Crippen LogP contribution in [-0.2, 0) is 0 Å². The number of thiophene rings is 1. The van der Waals surface area contributed by atoms with Gasteiger partial charge >= 0.3 is 0 Å². The second-order valence-electron chi connectivity index (χ2n) is 3.94. The third-order valence-electron chi connectivity index (χ3n) is 2.62. The van der Waals surface area contributed by atoms with Gasteiger partial charge in [0.1, 0.15) is 17.7 Å². The number of aliphatic hydroxyl groups excluding tert-OH is 1. The molecule has 0 radical (unpaired) electrons. The molecule has 1 aromatic heterocycles. The summed E-state index contributed by atoms with van der Waals surface area (Å²) in [5.41, 5.74) is 0.0561. The topological polar surface area (TPSA) is 20.2 Å². The molecule has 2 aromatic rings. The van der Waals surface area contributed by atoms with E-state index < -0.39 is 17.7 Å². The van der Waals surface area contributed by atoms with Gasteiger partial charge in [-0.25, -0.2) is 8.78 Å². The van der Waals surface area contributed by atoms with Crippen LogP contribution < -0.4 is 0 Å². The van der Waals surface area contributed by atoms with Gasteiger partial charge in [-0.2, -0.15) is 0 Å². The number of hydrogen-bond donors (Lipinski definition) is 1. The van der Waals surface area contributed by atoms with Crippen molar-refractivity contribution in [3.8, 4) is 0 Å². The highest BCUT2D eigenvalue weighted by Gasteiger charge is 2.22. The van der Waals surface area contributed by atoms with E-state index in [1.807, 2.05) is 13.0 Å². The van der Waals surface area contributed by atoms with Crippen LogP contribution in [-0.4, -0.2) is 5.11 Å². The first kappa shape index (κ1) is 12.2. The Hall–Kier alpha value is -1.26. The SMILES string of the molecule is Cc1ccc(C(O)c2c(F)ccc(C)c2F)s1. The van der Waals surface area contributed by atoms with Crippen LogP contribution in [0.3, 0.4) is 0 Å². The molecular weight excluding hydrogens is 242 g/mol. The minimum atomic E-state index is -1.24. The quantitative estimate of drug-likeness (QED) is 0.866. The molecule has 1 atom stereocenters. The fourth-order valence-corrected chi connectivity index (χ4v) is 2.55. The molecule has 1 N–H and O–H groups in total. The molecule has 4 heteroatoms. The van der Waals surface area contributed by atoms with Crippen LogP contribution in [0.4, 0.5) is 8.78 Å². The Morgan fingerprint density at radius 2 is 1.82 bits per heavy atom. The lowest BCUT2D eigenvalue weighted by Crippen LogP contribution is -2.05. The monoisotopic (exact) mass is 254 g/mol. The van der Waals surface area contributed by atoms with Crippen molar-refractivity contribution in [3.63, 3.8) is 0 Å². The molecule has 1 unspecified atom stereocenters. The van der Waals surface area contributed by atoms with Gasteiger partial charge in [0.25, 0.3) is 0 Å². The molecule has 0 aliphatic heterocycles. The molecule has 1 aromatic carbocycles. The Kier molecular flexibility index (Phi) is 3.26. The van der Waals surface area contributed by atoms with Crippen LogP contribution in [0.5, 0.6) is 0 Å². The lowest BCUT2D eigenvalue weighted by molar-refractivity contribution is 0.212. The average Bonchev–Trinajstić information content (AvgIpc) is 2.71. The first-order valence-electron chi connectivity index (χ1n) is 5.19. The molecular formula is C13H12F2OS. The van der Waals surface area contributed by atoms with Crippen molar-refractivity contribution < 1.29 is 13.9 Å². The van der Waals surface area contributed by atoms with E-state index in [9.17, 15) is 13.9 Å². The van der Waals surface area contributed by atoms with Crippen molar-refractivity contribution in [2.75, 3.05) is 0 Å². The lowest BCUT2D eigenvalue weighted by Gasteiger charge is -2.12. The van der Waals surface area contributed by atoms with Gasteiger partial charge in [-0.3, -0.25) is 0 Å². The average molecular weight is 254 g/mol. The summed E-state index contributed by atoms with van der Waals surface area (Å²) in [6, 6.07) is 6.04. The predicted molar refractivity (Wildman–Crippen MR) is 64.2 cm³/mol. The zero-order valence-corrected chi connectivity index (χ0v) is 10.3. The summed E-state index contributed by atoms with van der Waals surface area (Å²) in [6.07, 6.45) is -1.24. The number of hydrogen-bond acceptors (Lipinski definition) is 2. The summed E-state index contributed by atoms with van der Waals surface area (Å²) < 4.78 is 27.4. The first-order chi connectivity index (χ1) is 8.00. The molecule has 90 valence electrons. The fourth-order valence-electron chi connectivity index (χ4n) is 1.67. The summed E-state index contributed by atoms with van der Waals surface area (Å²) in [5, 5.41) is 10.0. The molecule has 1 heterocycles. The van der Waals surface area contributed by atoms with Crippen molar-refractivity contribution in [2.24, 2.45) is 0 Å². The summed E-state index contributed by atoms with van der Waals surface area (Å²) in [7, 11) is 0. The van der Waals surface area contributed by atoms with E-state index in [4.69, 9.17) is 0 Å². The van der Waals surface area contributed by atoms with Crippen LogP contribution in [0.1, 0.15) is 27.0 Å². The summed E-state index contributed by atoms with van der Waals surface area (Å²) in [6.45, 7) is 3.43. The molecule has 0 aliphatic rings. The Labute approximate surface area is 102 Å². The molecule has 2 rings (SSSR count). The Balaban J connectivity index is 2.50. The van der Waals surface area contributed by atoms with E-state index in [0.717, 1.165) is 4.88 Å². The smallest absolute Gasteiger partial charge is 0.135 e.